The highest BCUT2D eigenvalue weighted by Crippen LogP contribution is 2.38. The number of halogens is 2. The van der Waals surface area contributed by atoms with E-state index < -0.39 is 25.4 Å². The van der Waals surface area contributed by atoms with Gasteiger partial charge in [-0.05, 0) is 24.6 Å². The molecular formula is C11H14BrFO3S. The van der Waals surface area contributed by atoms with Crippen LogP contribution in [0.1, 0.15) is 25.5 Å². The van der Waals surface area contributed by atoms with Crippen LogP contribution in [0.3, 0.4) is 0 Å². The lowest BCUT2D eigenvalue weighted by molar-refractivity contribution is 0.167. The molecule has 0 unspecified atom stereocenters. The van der Waals surface area contributed by atoms with Crippen LogP contribution in [0.15, 0.2) is 24.3 Å². The molecule has 0 saturated carbocycles. The summed E-state index contributed by atoms with van der Waals surface area (Å²) >= 11 is 3.05. The quantitative estimate of drug-likeness (QED) is 0.865. The molecule has 0 aromatic heterocycles. The van der Waals surface area contributed by atoms with Gasteiger partial charge in [0.15, 0.2) is 13.5 Å². The third-order valence-corrected chi connectivity index (χ3v) is 6.78. The molecular weight excluding hydrogens is 311 g/mol. The minimum atomic E-state index is -3.48. The Labute approximate surface area is 109 Å². The number of sulfone groups is 1. The second kappa shape index (κ2) is 5.04. The highest BCUT2D eigenvalue weighted by atomic mass is 79.9. The second-order valence-electron chi connectivity index (χ2n) is 3.84. The molecule has 0 aliphatic carbocycles. The molecule has 1 N–H and O–H groups in total. The zero-order chi connectivity index (χ0) is 13.3. The highest BCUT2D eigenvalue weighted by Gasteiger charge is 2.42. The first kappa shape index (κ1) is 14.6. The minimum Gasteiger partial charge on any atom is -0.386 e. The van der Waals surface area contributed by atoms with E-state index in [0.29, 0.717) is 5.56 Å². The lowest BCUT2D eigenvalue weighted by Gasteiger charge is -2.28. The Morgan fingerprint density at radius 2 is 1.88 bits per heavy atom. The van der Waals surface area contributed by atoms with Crippen LogP contribution in [0, 0.1) is 5.82 Å². The number of aliphatic hydroxyl groups is 1. The van der Waals surface area contributed by atoms with E-state index in [1.165, 1.54) is 38.1 Å². The Morgan fingerprint density at radius 3 is 2.29 bits per heavy atom. The topological polar surface area (TPSA) is 54.4 Å². The summed E-state index contributed by atoms with van der Waals surface area (Å²) in [7, 11) is -3.48. The van der Waals surface area contributed by atoms with Crippen molar-refractivity contribution in [3.05, 3.63) is 35.6 Å². The molecule has 1 rings (SSSR count). The largest absolute Gasteiger partial charge is 0.386 e. The predicted molar refractivity (Wildman–Crippen MR) is 68.2 cm³/mol. The van der Waals surface area contributed by atoms with Gasteiger partial charge in [-0.2, -0.15) is 0 Å². The molecule has 3 nitrogen and oxygen atoms in total. The SMILES string of the molecule is CCS(=O)(=O)[C@](C)(Br)[C@H](O)c1ccc(F)cc1. The fraction of sp³-hybridized carbons (Fsp3) is 0.455. The van der Waals surface area contributed by atoms with Crippen molar-refractivity contribution in [2.75, 3.05) is 5.75 Å². The number of hydrogen-bond donors (Lipinski definition) is 1. The first-order valence-electron chi connectivity index (χ1n) is 5.07. The fourth-order valence-electron chi connectivity index (χ4n) is 1.40. The zero-order valence-electron chi connectivity index (χ0n) is 9.52. The van der Waals surface area contributed by atoms with Crippen LogP contribution >= 0.6 is 15.9 Å². The lowest BCUT2D eigenvalue weighted by atomic mass is 10.1. The van der Waals surface area contributed by atoms with Crippen LogP contribution in [0.5, 0.6) is 0 Å². The summed E-state index contributed by atoms with van der Waals surface area (Å²) in [6.45, 7) is 2.89. The monoisotopic (exact) mass is 324 g/mol. The predicted octanol–water partition coefficient (Wildman–Crippen LogP) is 2.40. The summed E-state index contributed by atoms with van der Waals surface area (Å²) in [6, 6.07) is 5.09. The molecule has 0 aliphatic heterocycles. The normalized spacial score (nSPS) is 17.5. The minimum absolute atomic E-state index is 0.0903. The summed E-state index contributed by atoms with van der Waals surface area (Å²) in [5.41, 5.74) is 0.350. The lowest BCUT2D eigenvalue weighted by Crippen LogP contribution is -2.36. The maximum atomic E-state index is 12.7. The molecule has 1 aromatic rings. The Bertz CT molecular complexity index is 482. The number of rotatable bonds is 4. The maximum Gasteiger partial charge on any atom is 0.168 e. The van der Waals surface area contributed by atoms with Gasteiger partial charge in [-0.15, -0.1) is 0 Å². The summed E-state index contributed by atoms with van der Waals surface area (Å²) < 4.78 is 34.9. The summed E-state index contributed by atoms with van der Waals surface area (Å²) in [5.74, 6) is -0.525. The van der Waals surface area contributed by atoms with Gasteiger partial charge in [-0.25, -0.2) is 12.8 Å². The highest BCUT2D eigenvalue weighted by molar-refractivity contribution is 9.11. The van der Waals surface area contributed by atoms with E-state index in [2.05, 4.69) is 15.9 Å². The van der Waals surface area contributed by atoms with Crippen LogP contribution in [0.4, 0.5) is 4.39 Å². The number of benzene rings is 1. The Balaban J connectivity index is 3.12. The standard InChI is InChI=1S/C11H14BrFO3S/c1-3-17(15,16)11(2,12)10(14)8-4-6-9(13)7-5-8/h4-7,10,14H,3H2,1-2H3/t10-,11+/m1/s1. The molecule has 0 saturated heterocycles. The van der Waals surface area contributed by atoms with Crippen LogP contribution in [-0.2, 0) is 9.84 Å². The Kier molecular flexibility index (Phi) is 4.33. The molecule has 2 atom stereocenters. The molecule has 0 bridgehead atoms. The summed E-state index contributed by atoms with van der Waals surface area (Å²) in [6.07, 6.45) is -1.26. The average Bonchev–Trinajstić information content (AvgIpc) is 2.28. The number of alkyl halides is 1. The molecule has 0 spiro atoms. The molecule has 0 aliphatic rings. The van der Waals surface area contributed by atoms with Gasteiger partial charge in [-0.3, -0.25) is 0 Å². The van der Waals surface area contributed by atoms with Gasteiger partial charge in [0.1, 0.15) is 11.9 Å². The molecule has 96 valence electrons. The third kappa shape index (κ3) is 2.86. The smallest absolute Gasteiger partial charge is 0.168 e. The van der Waals surface area contributed by atoms with Crippen LogP contribution in [0.2, 0.25) is 0 Å². The third-order valence-electron chi connectivity index (χ3n) is 2.66. The van der Waals surface area contributed by atoms with Gasteiger partial charge >= 0.3 is 0 Å². The van der Waals surface area contributed by atoms with E-state index in [9.17, 15) is 17.9 Å². The van der Waals surface area contributed by atoms with E-state index in [4.69, 9.17) is 0 Å². The number of aliphatic hydroxyl groups excluding tert-OH is 1. The van der Waals surface area contributed by atoms with Crippen LogP contribution < -0.4 is 0 Å². The molecule has 0 fully saturated rings. The van der Waals surface area contributed by atoms with Crippen molar-refractivity contribution in [3.63, 3.8) is 0 Å². The second-order valence-corrected chi connectivity index (χ2v) is 8.67. The van der Waals surface area contributed by atoms with E-state index in [0.717, 1.165) is 0 Å². The molecule has 0 radical (unpaired) electrons. The van der Waals surface area contributed by atoms with Crippen LogP contribution in [-0.4, -0.2) is 22.9 Å². The van der Waals surface area contributed by atoms with E-state index in [1.807, 2.05) is 0 Å². The zero-order valence-corrected chi connectivity index (χ0v) is 11.9. The average molecular weight is 325 g/mol. The van der Waals surface area contributed by atoms with Crippen molar-refractivity contribution >= 4 is 25.8 Å². The maximum absolute atomic E-state index is 12.7. The van der Waals surface area contributed by atoms with Crippen molar-refractivity contribution in [2.45, 2.75) is 23.6 Å². The van der Waals surface area contributed by atoms with Crippen molar-refractivity contribution in [1.29, 1.82) is 0 Å². The molecule has 6 heteroatoms. The van der Waals surface area contributed by atoms with Gasteiger partial charge in [0.25, 0.3) is 0 Å². The van der Waals surface area contributed by atoms with Gasteiger partial charge in [-0.1, -0.05) is 35.0 Å². The van der Waals surface area contributed by atoms with E-state index in [-0.39, 0.29) is 5.75 Å². The van der Waals surface area contributed by atoms with E-state index in [1.54, 1.807) is 0 Å². The summed E-state index contributed by atoms with van der Waals surface area (Å²) in [4.78, 5) is 0. The van der Waals surface area contributed by atoms with Crippen LogP contribution in [0.25, 0.3) is 0 Å². The van der Waals surface area contributed by atoms with Gasteiger partial charge < -0.3 is 5.11 Å². The molecule has 0 amide bonds. The van der Waals surface area contributed by atoms with Gasteiger partial charge in [0, 0.05) is 5.75 Å². The Morgan fingerprint density at radius 1 is 1.41 bits per heavy atom. The Hall–Kier alpha value is -0.460. The van der Waals surface area contributed by atoms with Crippen molar-refractivity contribution in [2.24, 2.45) is 0 Å². The summed E-state index contributed by atoms with van der Waals surface area (Å²) in [5, 5.41) is 10.1. The van der Waals surface area contributed by atoms with Crippen molar-refractivity contribution in [1.82, 2.24) is 0 Å². The van der Waals surface area contributed by atoms with Crippen molar-refractivity contribution in [3.8, 4) is 0 Å². The first-order valence-corrected chi connectivity index (χ1v) is 7.51. The van der Waals surface area contributed by atoms with E-state index >= 15 is 0 Å². The van der Waals surface area contributed by atoms with Gasteiger partial charge in [0.05, 0.1) is 0 Å². The number of hydrogen-bond acceptors (Lipinski definition) is 3. The fourth-order valence-corrected chi connectivity index (χ4v) is 3.39. The molecule has 0 heterocycles. The molecule has 17 heavy (non-hydrogen) atoms. The van der Waals surface area contributed by atoms with Gasteiger partial charge in [0.2, 0.25) is 0 Å². The first-order chi connectivity index (χ1) is 7.72. The molecule has 1 aromatic carbocycles. The van der Waals surface area contributed by atoms with Crippen molar-refractivity contribution < 1.29 is 17.9 Å².